The second-order valence-electron chi connectivity index (χ2n) is 3.90. The van der Waals surface area contributed by atoms with Crippen molar-refractivity contribution in [2.75, 3.05) is 7.11 Å². The maximum absolute atomic E-state index is 6.02. The van der Waals surface area contributed by atoms with Gasteiger partial charge in [-0.15, -0.1) is 0 Å². The molecule has 0 unspecified atom stereocenters. The Morgan fingerprint density at radius 2 is 2.00 bits per heavy atom. The lowest BCUT2D eigenvalue weighted by molar-refractivity contribution is -0.714. The monoisotopic (exact) mass is 339 g/mol. The van der Waals surface area contributed by atoms with Gasteiger partial charge in [0.2, 0.25) is 12.0 Å². The zero-order valence-corrected chi connectivity index (χ0v) is 12.5. The molecule has 0 fully saturated rings. The standard InChI is InChI=1S/C14H11ClNO2.BrH/c1-17-13-6-5-10(15)8-12(13)14-9-11-4-2-3-7-16(11)18-14;/h2-9H,1H3;1H/q+1;/p-1. The quantitative estimate of drug-likeness (QED) is 0.630. The number of halogens is 2. The number of ether oxygens (including phenoxy) is 1. The molecule has 0 aliphatic carbocycles. The van der Waals surface area contributed by atoms with Gasteiger partial charge in [-0.05, 0) is 24.3 Å². The Kier molecular flexibility index (Phi) is 4.12. The Hall–Kier alpha value is -1.52. The van der Waals surface area contributed by atoms with E-state index in [1.165, 1.54) is 0 Å². The van der Waals surface area contributed by atoms with Crippen LogP contribution >= 0.6 is 11.6 Å². The van der Waals surface area contributed by atoms with Gasteiger partial charge in [0.15, 0.2) is 0 Å². The lowest BCUT2D eigenvalue weighted by Crippen LogP contribution is -3.00. The minimum Gasteiger partial charge on any atom is -1.00 e. The zero-order valence-electron chi connectivity index (χ0n) is 10.1. The fourth-order valence-electron chi connectivity index (χ4n) is 1.90. The van der Waals surface area contributed by atoms with E-state index in [9.17, 15) is 0 Å². The van der Waals surface area contributed by atoms with Crippen molar-refractivity contribution in [3.63, 3.8) is 0 Å². The third-order valence-corrected chi connectivity index (χ3v) is 2.99. The highest BCUT2D eigenvalue weighted by atomic mass is 79.9. The van der Waals surface area contributed by atoms with Crippen LogP contribution in [0, 0.1) is 0 Å². The molecule has 3 nitrogen and oxygen atoms in total. The average Bonchev–Trinajstić information content (AvgIpc) is 2.82. The van der Waals surface area contributed by atoms with Crippen molar-refractivity contribution in [1.29, 1.82) is 0 Å². The summed E-state index contributed by atoms with van der Waals surface area (Å²) in [6.07, 6.45) is 1.86. The summed E-state index contributed by atoms with van der Waals surface area (Å²) in [4.78, 5) is 0. The fourth-order valence-corrected chi connectivity index (χ4v) is 2.07. The number of fused-ring (bicyclic) bond motifs is 1. The topological polar surface area (TPSA) is 26.5 Å². The molecule has 0 amide bonds. The van der Waals surface area contributed by atoms with Gasteiger partial charge in [-0.2, -0.15) is 0 Å². The summed E-state index contributed by atoms with van der Waals surface area (Å²) in [5.41, 5.74) is 1.82. The second kappa shape index (κ2) is 5.63. The van der Waals surface area contributed by atoms with Gasteiger partial charge in [-0.25, -0.2) is 4.52 Å². The van der Waals surface area contributed by atoms with Crippen molar-refractivity contribution >= 4 is 17.1 Å². The highest BCUT2D eigenvalue weighted by Gasteiger charge is 2.16. The minimum atomic E-state index is 0. The van der Waals surface area contributed by atoms with Crippen molar-refractivity contribution in [3.8, 4) is 17.1 Å². The van der Waals surface area contributed by atoms with Crippen LogP contribution in [0.5, 0.6) is 5.75 Å². The molecule has 3 aromatic rings. The predicted octanol–water partition coefficient (Wildman–Crippen LogP) is 0.351. The third-order valence-electron chi connectivity index (χ3n) is 2.76. The number of hydrogen-bond donors (Lipinski definition) is 0. The van der Waals surface area contributed by atoms with Crippen molar-refractivity contribution < 1.29 is 30.8 Å². The van der Waals surface area contributed by atoms with E-state index in [1.807, 2.05) is 42.6 Å². The Morgan fingerprint density at radius 1 is 1.16 bits per heavy atom. The summed E-state index contributed by atoms with van der Waals surface area (Å²) in [6.45, 7) is 0. The van der Waals surface area contributed by atoms with Crippen LogP contribution in [-0.2, 0) is 0 Å². The maximum Gasteiger partial charge on any atom is 0.262 e. The Labute approximate surface area is 126 Å². The van der Waals surface area contributed by atoms with Gasteiger partial charge in [-0.3, -0.25) is 0 Å². The summed E-state index contributed by atoms with van der Waals surface area (Å²) in [7, 11) is 1.63. The zero-order chi connectivity index (χ0) is 12.5. The molecule has 2 aromatic heterocycles. The van der Waals surface area contributed by atoms with Crippen LogP contribution in [0.2, 0.25) is 5.02 Å². The molecule has 0 bridgehead atoms. The van der Waals surface area contributed by atoms with E-state index in [0.29, 0.717) is 5.02 Å². The molecule has 0 saturated heterocycles. The SMILES string of the molecule is COc1ccc(Cl)cc1-c1cc2cccc[n+]2o1.[Br-]. The van der Waals surface area contributed by atoms with Gasteiger partial charge >= 0.3 is 0 Å². The largest absolute Gasteiger partial charge is 1.00 e. The van der Waals surface area contributed by atoms with Gasteiger partial charge < -0.3 is 21.7 Å². The molecule has 98 valence electrons. The number of pyridine rings is 1. The first-order chi connectivity index (χ1) is 8.78. The number of methoxy groups -OCH3 is 1. The Bertz CT molecular complexity index is 678. The first kappa shape index (κ1) is 13.9. The third kappa shape index (κ3) is 2.60. The molecule has 3 rings (SSSR count). The minimum absolute atomic E-state index is 0. The van der Waals surface area contributed by atoms with E-state index in [1.54, 1.807) is 17.7 Å². The van der Waals surface area contributed by atoms with E-state index < -0.39 is 0 Å². The second-order valence-corrected chi connectivity index (χ2v) is 4.33. The molecule has 0 atom stereocenters. The molecule has 0 aliphatic rings. The first-order valence-corrected chi connectivity index (χ1v) is 5.90. The number of hydrogen-bond acceptors (Lipinski definition) is 2. The molecule has 0 N–H and O–H groups in total. The molecule has 2 heterocycles. The van der Waals surface area contributed by atoms with Crippen molar-refractivity contribution in [2.24, 2.45) is 0 Å². The Morgan fingerprint density at radius 3 is 2.74 bits per heavy atom. The molecule has 0 spiro atoms. The van der Waals surface area contributed by atoms with Crippen LogP contribution in [0.4, 0.5) is 0 Å². The van der Waals surface area contributed by atoms with Crippen LogP contribution in [-0.4, -0.2) is 7.11 Å². The maximum atomic E-state index is 6.02. The highest BCUT2D eigenvalue weighted by Crippen LogP contribution is 2.32. The van der Waals surface area contributed by atoms with E-state index in [2.05, 4.69) is 0 Å². The first-order valence-electron chi connectivity index (χ1n) is 5.52. The summed E-state index contributed by atoms with van der Waals surface area (Å²) < 4.78 is 12.8. The van der Waals surface area contributed by atoms with Crippen molar-refractivity contribution in [3.05, 3.63) is 53.7 Å². The van der Waals surface area contributed by atoms with Crippen molar-refractivity contribution in [1.82, 2.24) is 0 Å². The van der Waals surface area contributed by atoms with Crippen LogP contribution in [0.25, 0.3) is 16.8 Å². The summed E-state index contributed by atoms with van der Waals surface area (Å²) in [5, 5.41) is 0.649. The van der Waals surface area contributed by atoms with Gasteiger partial charge in [0, 0.05) is 21.7 Å². The molecule has 0 saturated carbocycles. The lowest BCUT2D eigenvalue weighted by Gasteiger charge is -2.04. The molecular formula is C14H11BrClNO2. The average molecular weight is 341 g/mol. The number of benzene rings is 1. The summed E-state index contributed by atoms with van der Waals surface area (Å²) >= 11 is 6.02. The van der Waals surface area contributed by atoms with E-state index in [4.69, 9.17) is 20.9 Å². The smallest absolute Gasteiger partial charge is 0.262 e. The van der Waals surface area contributed by atoms with E-state index in [0.717, 1.165) is 22.6 Å². The molecule has 0 aliphatic heterocycles. The highest BCUT2D eigenvalue weighted by molar-refractivity contribution is 6.30. The van der Waals surface area contributed by atoms with Crippen LogP contribution in [0.3, 0.4) is 0 Å². The van der Waals surface area contributed by atoms with Crippen LogP contribution < -0.4 is 26.3 Å². The van der Waals surface area contributed by atoms with E-state index in [-0.39, 0.29) is 17.0 Å². The summed E-state index contributed by atoms with van der Waals surface area (Å²) in [6, 6.07) is 13.3. The lowest BCUT2D eigenvalue weighted by atomic mass is 10.1. The van der Waals surface area contributed by atoms with Gasteiger partial charge in [0.25, 0.3) is 5.52 Å². The summed E-state index contributed by atoms with van der Waals surface area (Å²) in [5.74, 6) is 1.46. The number of rotatable bonds is 2. The Balaban J connectivity index is 0.00000133. The molecule has 5 heteroatoms. The normalized spacial score (nSPS) is 10.2. The van der Waals surface area contributed by atoms with Crippen LogP contribution in [0.15, 0.2) is 53.2 Å². The fraction of sp³-hybridized carbons (Fsp3) is 0.0714. The number of aromatic nitrogens is 1. The molecule has 1 aromatic carbocycles. The van der Waals surface area contributed by atoms with Gasteiger partial charge in [0.1, 0.15) is 5.75 Å². The number of nitrogens with zero attached hydrogens (tertiary/aromatic N) is 1. The van der Waals surface area contributed by atoms with Gasteiger partial charge in [-0.1, -0.05) is 11.6 Å². The molecular weight excluding hydrogens is 330 g/mol. The van der Waals surface area contributed by atoms with E-state index >= 15 is 0 Å². The predicted molar refractivity (Wildman–Crippen MR) is 68.9 cm³/mol. The van der Waals surface area contributed by atoms with Crippen LogP contribution in [0.1, 0.15) is 0 Å². The van der Waals surface area contributed by atoms with Gasteiger partial charge in [0.05, 0.1) is 18.7 Å². The molecule has 19 heavy (non-hydrogen) atoms. The van der Waals surface area contributed by atoms with Crippen molar-refractivity contribution in [2.45, 2.75) is 0 Å². The molecule has 0 radical (unpaired) electrons.